The molecule has 0 amide bonds. The van der Waals surface area contributed by atoms with Gasteiger partial charge >= 0.3 is 0 Å². The zero-order valence-electron chi connectivity index (χ0n) is 20.7. The van der Waals surface area contributed by atoms with Crippen molar-refractivity contribution >= 4 is 27.9 Å². The number of H-pyrrole nitrogens is 1. The van der Waals surface area contributed by atoms with Crippen LogP contribution in [-0.2, 0) is 0 Å². The summed E-state index contributed by atoms with van der Waals surface area (Å²) in [5.74, 6) is 2.19. The van der Waals surface area contributed by atoms with Gasteiger partial charge in [0, 0.05) is 54.3 Å². The maximum absolute atomic E-state index is 4.87. The summed E-state index contributed by atoms with van der Waals surface area (Å²) in [7, 11) is 0. The van der Waals surface area contributed by atoms with Gasteiger partial charge in [-0.1, -0.05) is 12.1 Å². The number of aromatic amines is 1. The molecule has 2 N–H and O–H groups in total. The van der Waals surface area contributed by atoms with E-state index in [0.717, 1.165) is 27.5 Å². The van der Waals surface area contributed by atoms with Crippen molar-refractivity contribution in [3.05, 3.63) is 86.4 Å². The molecule has 0 fully saturated rings. The highest BCUT2D eigenvalue weighted by Gasteiger charge is 2.21. The number of nitrogens with one attached hydrogen (secondary N) is 2. The van der Waals surface area contributed by atoms with Crippen molar-refractivity contribution < 1.29 is 0 Å². The molecule has 7 aromatic rings. The minimum absolute atomic E-state index is 0.279. The Morgan fingerprint density at radius 1 is 0.700 bits per heavy atom. The smallest absolute Gasteiger partial charge is 0.240 e. The first-order chi connectivity index (χ1) is 19.8. The van der Waals surface area contributed by atoms with E-state index in [2.05, 4.69) is 30.2 Å². The van der Waals surface area contributed by atoms with Crippen LogP contribution in [0.5, 0.6) is 0 Å². The van der Waals surface area contributed by atoms with Gasteiger partial charge < -0.3 is 10.3 Å². The van der Waals surface area contributed by atoms with E-state index in [1.165, 1.54) is 0 Å². The Kier molecular flexibility index (Phi) is 4.82. The molecule has 0 saturated carbocycles. The average Bonchev–Trinajstić information content (AvgIpc) is 3.82. The Hall–Kier alpha value is -6.05. The molecule has 14 nitrogen and oxygen atoms in total. The lowest BCUT2D eigenvalue weighted by atomic mass is 10.1. The predicted molar refractivity (Wildman–Crippen MR) is 145 cm³/mol. The van der Waals surface area contributed by atoms with Crippen molar-refractivity contribution in [1.29, 1.82) is 0 Å². The highest BCUT2D eigenvalue weighted by Crippen LogP contribution is 2.31. The first-order valence-corrected chi connectivity index (χ1v) is 12.3. The minimum Gasteiger partial charge on any atom is -0.372 e. The zero-order chi connectivity index (χ0) is 26.5. The molecule has 40 heavy (non-hydrogen) atoms. The molecule has 192 valence electrons. The topological polar surface area (TPSA) is 157 Å². The number of rotatable bonds is 5. The molecule has 1 aliphatic rings. The van der Waals surface area contributed by atoms with Gasteiger partial charge in [-0.05, 0) is 18.2 Å². The maximum atomic E-state index is 4.87. The van der Waals surface area contributed by atoms with Crippen molar-refractivity contribution in [2.24, 2.45) is 0 Å². The molecule has 1 aromatic carbocycles. The van der Waals surface area contributed by atoms with Crippen LogP contribution in [0.2, 0.25) is 0 Å². The van der Waals surface area contributed by atoms with Crippen molar-refractivity contribution in [2.45, 2.75) is 0 Å². The Morgan fingerprint density at radius 2 is 1.45 bits per heavy atom. The summed E-state index contributed by atoms with van der Waals surface area (Å²) in [5, 5.41) is 4.11. The third kappa shape index (κ3) is 3.62. The number of imidazole rings is 2. The highest BCUT2D eigenvalue weighted by atomic mass is 15.4. The summed E-state index contributed by atoms with van der Waals surface area (Å²) in [5.41, 5.74) is 3.46. The Bertz CT molecular complexity index is 2020. The van der Waals surface area contributed by atoms with Crippen LogP contribution in [0.3, 0.4) is 0 Å². The van der Waals surface area contributed by atoms with E-state index in [0.29, 0.717) is 30.3 Å². The van der Waals surface area contributed by atoms with Crippen LogP contribution in [0, 0.1) is 0 Å². The lowest BCUT2D eigenvalue weighted by molar-refractivity contribution is 0.826. The fourth-order valence-electron chi connectivity index (χ4n) is 4.56. The Labute approximate surface area is 225 Å². The van der Waals surface area contributed by atoms with E-state index in [-0.39, 0.29) is 11.6 Å². The molecule has 0 bridgehead atoms. The van der Waals surface area contributed by atoms with E-state index in [4.69, 9.17) is 24.9 Å². The number of nitrogens with zero attached hydrogens (tertiary/aromatic N) is 12. The van der Waals surface area contributed by atoms with Crippen molar-refractivity contribution in [2.75, 3.05) is 11.6 Å². The molecule has 0 aliphatic carbocycles. The predicted octanol–water partition coefficient (Wildman–Crippen LogP) is 2.63. The number of benzene rings is 1. The normalized spacial score (nSPS) is 12.9. The van der Waals surface area contributed by atoms with E-state index in [9.17, 15) is 0 Å². The van der Waals surface area contributed by atoms with Crippen LogP contribution in [0.15, 0.2) is 86.4 Å². The second kappa shape index (κ2) is 8.76. The van der Waals surface area contributed by atoms with Crippen LogP contribution in [0.4, 0.5) is 5.95 Å². The minimum atomic E-state index is 0.279. The van der Waals surface area contributed by atoms with Gasteiger partial charge in [0.1, 0.15) is 12.7 Å². The van der Waals surface area contributed by atoms with Crippen LogP contribution < -0.4 is 10.2 Å². The third-order valence-corrected chi connectivity index (χ3v) is 6.42. The standard InChI is InChI=1S/C26H18N14/c1-3-16-19(31-18-5-2-6-30-20(16)18)17(4-1)21-32-22(34-24(33-21)38-10-7-27-13-38)23-35-25(39-11-8-28-14-39)37-26(36-23)40-12-9-29-15-40/h1-14,29,31H,15H2. The molecular weight excluding hydrogens is 508 g/mol. The molecule has 0 saturated heterocycles. The molecule has 0 unspecified atom stereocenters. The highest BCUT2D eigenvalue weighted by molar-refractivity contribution is 6.09. The molecule has 8 rings (SSSR count). The van der Waals surface area contributed by atoms with Crippen LogP contribution >= 0.6 is 0 Å². The second-order valence-electron chi connectivity index (χ2n) is 8.88. The first kappa shape index (κ1) is 22.0. The van der Waals surface area contributed by atoms with Crippen LogP contribution in [0.1, 0.15) is 0 Å². The van der Waals surface area contributed by atoms with Crippen molar-refractivity contribution in [1.82, 2.24) is 64.3 Å². The third-order valence-electron chi connectivity index (χ3n) is 6.42. The lowest BCUT2D eigenvalue weighted by Crippen LogP contribution is -2.23. The SMILES string of the molecule is C1=CN(c2nc(-c3nc(-c4cccc5c4[nH]c4cccnc45)nc(-n4ccnc4)n3)nc(-n3ccnc3)n2)CN1. The summed E-state index contributed by atoms with van der Waals surface area (Å²) >= 11 is 0. The number of fused-ring (bicyclic) bond motifs is 3. The molecule has 0 radical (unpaired) electrons. The van der Waals surface area contributed by atoms with E-state index in [1.807, 2.05) is 47.6 Å². The first-order valence-electron chi connectivity index (χ1n) is 12.3. The van der Waals surface area contributed by atoms with Crippen molar-refractivity contribution in [3.63, 3.8) is 0 Å². The van der Waals surface area contributed by atoms with Gasteiger partial charge in [-0.3, -0.25) is 19.0 Å². The van der Waals surface area contributed by atoms with E-state index >= 15 is 0 Å². The largest absolute Gasteiger partial charge is 0.372 e. The summed E-state index contributed by atoms with van der Waals surface area (Å²) in [6.07, 6.45) is 15.6. The van der Waals surface area contributed by atoms with E-state index < -0.39 is 0 Å². The fraction of sp³-hybridized carbons (Fsp3) is 0.0385. The van der Waals surface area contributed by atoms with Crippen LogP contribution in [0.25, 0.3) is 56.9 Å². The van der Waals surface area contributed by atoms with Gasteiger partial charge in [0.15, 0.2) is 5.82 Å². The monoisotopic (exact) mass is 526 g/mol. The number of hydrogen-bond donors (Lipinski definition) is 2. The summed E-state index contributed by atoms with van der Waals surface area (Å²) in [6.45, 7) is 0.520. The van der Waals surface area contributed by atoms with Crippen LogP contribution in [-0.4, -0.2) is 65.6 Å². The molecule has 7 heterocycles. The molecular formula is C26H18N14. The second-order valence-corrected chi connectivity index (χ2v) is 8.88. The van der Waals surface area contributed by atoms with E-state index in [1.54, 1.807) is 52.8 Å². The van der Waals surface area contributed by atoms with Gasteiger partial charge in [0.2, 0.25) is 29.5 Å². The van der Waals surface area contributed by atoms with Gasteiger partial charge in [0.25, 0.3) is 0 Å². The number of hydrogen-bond acceptors (Lipinski definition) is 11. The quantitative estimate of drug-likeness (QED) is 0.340. The molecule has 0 spiro atoms. The molecule has 6 aromatic heterocycles. The fourth-order valence-corrected chi connectivity index (χ4v) is 4.56. The van der Waals surface area contributed by atoms with Gasteiger partial charge in [-0.25, -0.2) is 15.0 Å². The number of pyridine rings is 1. The Morgan fingerprint density at radius 3 is 2.20 bits per heavy atom. The molecule has 0 atom stereocenters. The summed E-state index contributed by atoms with van der Waals surface area (Å²) in [6, 6.07) is 9.84. The number of anilines is 1. The van der Waals surface area contributed by atoms with Gasteiger partial charge in [-0.2, -0.15) is 24.9 Å². The maximum Gasteiger partial charge on any atom is 0.240 e. The summed E-state index contributed by atoms with van der Waals surface area (Å²) < 4.78 is 3.42. The average molecular weight is 527 g/mol. The molecule has 14 heteroatoms. The van der Waals surface area contributed by atoms with Gasteiger partial charge in [-0.15, -0.1) is 0 Å². The zero-order valence-corrected chi connectivity index (χ0v) is 20.7. The van der Waals surface area contributed by atoms with Gasteiger partial charge in [0.05, 0.1) is 23.2 Å². The number of para-hydroxylation sites is 1. The Balaban J connectivity index is 1.36. The van der Waals surface area contributed by atoms with Crippen molar-refractivity contribution in [3.8, 4) is 34.9 Å². The number of aromatic nitrogens is 12. The lowest BCUT2D eigenvalue weighted by Gasteiger charge is -2.15. The summed E-state index contributed by atoms with van der Waals surface area (Å²) in [4.78, 5) is 46.7. The molecule has 1 aliphatic heterocycles.